The third kappa shape index (κ3) is 4.27. The molecular weight excluding hydrogens is 428 g/mol. The van der Waals surface area contributed by atoms with Crippen LogP contribution in [0.1, 0.15) is 56.5 Å². The number of piperazine rings is 1. The summed E-state index contributed by atoms with van der Waals surface area (Å²) in [6.07, 6.45) is -0.0654. The van der Waals surface area contributed by atoms with Gasteiger partial charge in [0.2, 0.25) is 11.8 Å². The molecule has 2 atom stereocenters. The van der Waals surface area contributed by atoms with Crippen molar-refractivity contribution in [2.75, 3.05) is 31.1 Å². The van der Waals surface area contributed by atoms with Crippen LogP contribution in [0, 0.1) is 0 Å². The zero-order valence-corrected chi connectivity index (χ0v) is 19.4. The second-order valence-corrected chi connectivity index (χ2v) is 9.85. The first-order valence-electron chi connectivity index (χ1n) is 11.2. The SMILES string of the molecule is CC(C)(C)OC(=O)N1CCN(c2ccc3c(c2)C(C)(O)N(C2CCC(=O)NC2=O)C3=O)CC1. The maximum Gasteiger partial charge on any atom is 0.410 e. The maximum absolute atomic E-state index is 13.1. The lowest BCUT2D eigenvalue weighted by Crippen LogP contribution is -2.57. The summed E-state index contributed by atoms with van der Waals surface area (Å²) in [4.78, 5) is 54.2. The quantitative estimate of drug-likeness (QED) is 0.639. The summed E-state index contributed by atoms with van der Waals surface area (Å²) < 4.78 is 5.44. The Hall–Kier alpha value is -3.14. The largest absolute Gasteiger partial charge is 0.444 e. The van der Waals surface area contributed by atoms with Crippen molar-refractivity contribution < 1.29 is 29.0 Å². The van der Waals surface area contributed by atoms with E-state index < -0.39 is 29.2 Å². The Balaban J connectivity index is 1.50. The van der Waals surface area contributed by atoms with Crippen LogP contribution in [0.15, 0.2) is 18.2 Å². The van der Waals surface area contributed by atoms with E-state index in [9.17, 15) is 24.3 Å². The van der Waals surface area contributed by atoms with Crippen LogP contribution in [-0.4, -0.2) is 76.5 Å². The first kappa shape index (κ1) is 23.0. The predicted molar refractivity (Wildman–Crippen MR) is 118 cm³/mol. The first-order valence-corrected chi connectivity index (χ1v) is 11.2. The molecule has 178 valence electrons. The van der Waals surface area contributed by atoms with Gasteiger partial charge in [0.15, 0.2) is 5.72 Å². The minimum Gasteiger partial charge on any atom is -0.444 e. The lowest BCUT2D eigenvalue weighted by atomic mass is 9.99. The molecular formula is C23H30N4O6. The predicted octanol–water partition coefficient (Wildman–Crippen LogP) is 1.17. The molecule has 3 aliphatic heterocycles. The van der Waals surface area contributed by atoms with Gasteiger partial charge in [0.25, 0.3) is 5.91 Å². The number of amides is 4. The van der Waals surface area contributed by atoms with Gasteiger partial charge in [-0.3, -0.25) is 24.6 Å². The van der Waals surface area contributed by atoms with Gasteiger partial charge in [-0.1, -0.05) is 0 Å². The number of rotatable bonds is 2. The molecule has 1 aromatic rings. The molecule has 4 amide bonds. The second kappa shape index (κ2) is 8.02. The van der Waals surface area contributed by atoms with Gasteiger partial charge in [-0.2, -0.15) is 0 Å². The van der Waals surface area contributed by atoms with Gasteiger partial charge in [-0.05, 0) is 52.3 Å². The molecule has 0 aromatic heterocycles. The molecule has 0 bridgehead atoms. The van der Waals surface area contributed by atoms with Crippen molar-refractivity contribution in [3.8, 4) is 0 Å². The standard InChI is InChI=1S/C23H30N4O6/c1-22(2,3)33-21(31)26-11-9-25(10-12-26)14-5-6-15-16(13-14)23(4,32)27(20(15)30)17-7-8-18(28)24-19(17)29/h5-6,13,17,32H,7-12H2,1-4H3,(H,24,28,29). The highest BCUT2D eigenvalue weighted by Crippen LogP contribution is 2.41. The highest BCUT2D eigenvalue weighted by molar-refractivity contribution is 6.06. The van der Waals surface area contributed by atoms with Gasteiger partial charge in [0.05, 0.1) is 0 Å². The van der Waals surface area contributed by atoms with Crippen LogP contribution in [0.2, 0.25) is 0 Å². The van der Waals surface area contributed by atoms with Gasteiger partial charge in [0.1, 0.15) is 11.6 Å². The number of hydrogen-bond donors (Lipinski definition) is 2. The van der Waals surface area contributed by atoms with Crippen LogP contribution >= 0.6 is 0 Å². The number of aliphatic hydroxyl groups is 1. The van der Waals surface area contributed by atoms with E-state index in [-0.39, 0.29) is 24.8 Å². The summed E-state index contributed by atoms with van der Waals surface area (Å²) in [6, 6.07) is 4.32. The molecule has 4 rings (SSSR count). The van der Waals surface area contributed by atoms with Crippen molar-refractivity contribution in [1.29, 1.82) is 0 Å². The molecule has 0 saturated carbocycles. The molecule has 0 spiro atoms. The topological polar surface area (TPSA) is 119 Å². The average Bonchev–Trinajstić information content (AvgIpc) is 2.92. The van der Waals surface area contributed by atoms with Crippen LogP contribution in [-0.2, 0) is 20.1 Å². The number of hydrogen-bond acceptors (Lipinski definition) is 7. The second-order valence-electron chi connectivity index (χ2n) is 9.85. The number of fused-ring (bicyclic) bond motifs is 1. The Bertz CT molecular complexity index is 1010. The molecule has 2 unspecified atom stereocenters. The van der Waals surface area contributed by atoms with E-state index in [1.165, 1.54) is 11.8 Å². The van der Waals surface area contributed by atoms with Crippen LogP contribution in [0.25, 0.3) is 0 Å². The minimum absolute atomic E-state index is 0.111. The number of nitrogens with one attached hydrogen (secondary N) is 1. The number of piperidine rings is 1. The van der Waals surface area contributed by atoms with E-state index >= 15 is 0 Å². The molecule has 2 saturated heterocycles. The van der Waals surface area contributed by atoms with Crippen LogP contribution in [0.3, 0.4) is 0 Å². The van der Waals surface area contributed by atoms with E-state index in [2.05, 4.69) is 10.2 Å². The van der Waals surface area contributed by atoms with Crippen LogP contribution in [0.5, 0.6) is 0 Å². The highest BCUT2D eigenvalue weighted by atomic mass is 16.6. The summed E-state index contributed by atoms with van der Waals surface area (Å²) in [5.41, 5.74) is -0.676. The Labute approximate surface area is 192 Å². The highest BCUT2D eigenvalue weighted by Gasteiger charge is 2.51. The lowest BCUT2D eigenvalue weighted by Gasteiger charge is -2.38. The van der Waals surface area contributed by atoms with Crippen molar-refractivity contribution in [2.45, 2.75) is 57.9 Å². The summed E-state index contributed by atoms with van der Waals surface area (Å²) in [5, 5.41) is 13.6. The maximum atomic E-state index is 13.1. The molecule has 10 heteroatoms. The number of carbonyl (C=O) groups excluding carboxylic acids is 4. The van der Waals surface area contributed by atoms with Gasteiger partial charge in [0, 0.05) is 49.4 Å². The number of benzene rings is 1. The third-order valence-corrected chi connectivity index (χ3v) is 6.25. The van der Waals surface area contributed by atoms with Crippen molar-refractivity contribution >= 4 is 29.5 Å². The Morgan fingerprint density at radius 3 is 2.42 bits per heavy atom. The molecule has 3 heterocycles. The summed E-state index contributed by atoms with van der Waals surface area (Å²) >= 11 is 0. The zero-order chi connectivity index (χ0) is 24.1. The van der Waals surface area contributed by atoms with Crippen LogP contribution < -0.4 is 10.2 Å². The molecule has 3 aliphatic rings. The molecule has 2 N–H and O–H groups in total. The zero-order valence-electron chi connectivity index (χ0n) is 19.4. The van der Waals surface area contributed by atoms with Gasteiger partial charge in [-0.15, -0.1) is 0 Å². The number of nitrogens with zero attached hydrogens (tertiary/aromatic N) is 3. The number of ether oxygens (including phenoxy) is 1. The monoisotopic (exact) mass is 458 g/mol. The molecule has 0 aliphatic carbocycles. The number of imide groups is 1. The molecule has 2 fully saturated rings. The smallest absolute Gasteiger partial charge is 0.410 e. The summed E-state index contributed by atoms with van der Waals surface area (Å²) in [7, 11) is 0. The van der Waals surface area contributed by atoms with E-state index in [0.29, 0.717) is 37.3 Å². The van der Waals surface area contributed by atoms with Crippen molar-refractivity contribution in [3.05, 3.63) is 29.3 Å². The third-order valence-electron chi connectivity index (χ3n) is 6.25. The normalized spacial score (nSPS) is 25.8. The van der Waals surface area contributed by atoms with Crippen LogP contribution in [0.4, 0.5) is 10.5 Å². The van der Waals surface area contributed by atoms with Crippen molar-refractivity contribution in [3.63, 3.8) is 0 Å². The van der Waals surface area contributed by atoms with Gasteiger partial charge in [-0.25, -0.2) is 4.79 Å². The summed E-state index contributed by atoms with van der Waals surface area (Å²) in [5.74, 6) is -1.40. The van der Waals surface area contributed by atoms with Crippen molar-refractivity contribution in [2.24, 2.45) is 0 Å². The van der Waals surface area contributed by atoms with Gasteiger partial charge >= 0.3 is 6.09 Å². The number of carbonyl (C=O) groups is 4. The van der Waals surface area contributed by atoms with E-state index in [1.54, 1.807) is 17.0 Å². The fourth-order valence-corrected chi connectivity index (χ4v) is 4.61. The lowest BCUT2D eigenvalue weighted by molar-refractivity contribution is -0.146. The molecule has 10 nitrogen and oxygen atoms in total. The minimum atomic E-state index is -1.69. The molecule has 33 heavy (non-hydrogen) atoms. The van der Waals surface area contributed by atoms with E-state index in [1.807, 2.05) is 26.8 Å². The number of anilines is 1. The Morgan fingerprint density at radius 1 is 1.15 bits per heavy atom. The van der Waals surface area contributed by atoms with E-state index in [4.69, 9.17) is 4.74 Å². The fraction of sp³-hybridized carbons (Fsp3) is 0.565. The average molecular weight is 459 g/mol. The Morgan fingerprint density at radius 2 is 1.82 bits per heavy atom. The molecule has 1 aromatic carbocycles. The Kier molecular flexibility index (Phi) is 5.60. The van der Waals surface area contributed by atoms with Gasteiger partial charge < -0.3 is 19.6 Å². The first-order chi connectivity index (χ1) is 15.4. The summed E-state index contributed by atoms with van der Waals surface area (Å²) in [6.45, 7) is 9.11. The fourth-order valence-electron chi connectivity index (χ4n) is 4.61. The van der Waals surface area contributed by atoms with E-state index in [0.717, 1.165) is 5.69 Å². The molecule has 0 radical (unpaired) electrons. The van der Waals surface area contributed by atoms with Crippen molar-refractivity contribution in [1.82, 2.24) is 15.1 Å².